The average Bonchev–Trinajstić information content (AvgIpc) is 3.12. The first-order chi connectivity index (χ1) is 12.5. The van der Waals surface area contributed by atoms with Gasteiger partial charge in [0, 0.05) is 37.2 Å². The van der Waals surface area contributed by atoms with Gasteiger partial charge in [-0.25, -0.2) is 0 Å². The Labute approximate surface area is 151 Å². The number of hydrogen-bond acceptors (Lipinski definition) is 4. The smallest absolute Gasteiger partial charge is 0.269 e. The van der Waals surface area contributed by atoms with Gasteiger partial charge in [0.05, 0.1) is 4.92 Å². The number of hydrogen-bond donors (Lipinski definition) is 0. The number of carbonyl (C=O) groups is 2. The van der Waals surface area contributed by atoms with Gasteiger partial charge in [-0.3, -0.25) is 19.7 Å². The predicted octanol–water partition coefficient (Wildman–Crippen LogP) is 2.99. The second-order valence-corrected chi connectivity index (χ2v) is 6.03. The molecule has 2 amide bonds. The molecule has 1 saturated heterocycles. The molecule has 0 aliphatic carbocycles. The van der Waals surface area contributed by atoms with Crippen LogP contribution in [0.25, 0.3) is 0 Å². The van der Waals surface area contributed by atoms with Crippen molar-refractivity contribution in [2.45, 2.75) is 19.5 Å². The lowest BCUT2D eigenvalue weighted by molar-refractivity contribution is -0.384. The Kier molecular flexibility index (Phi) is 4.97. The van der Waals surface area contributed by atoms with Gasteiger partial charge in [-0.05, 0) is 17.7 Å². The Morgan fingerprint density at radius 1 is 1.04 bits per heavy atom. The Bertz CT molecular complexity index is 820. The summed E-state index contributed by atoms with van der Waals surface area (Å²) in [6.45, 7) is 2.68. The molecular weight excluding hydrogens is 334 g/mol. The fourth-order valence-corrected chi connectivity index (χ4v) is 3.18. The van der Waals surface area contributed by atoms with Gasteiger partial charge in [0.2, 0.25) is 5.91 Å². The largest absolute Gasteiger partial charge is 0.316 e. The van der Waals surface area contributed by atoms with Gasteiger partial charge in [-0.2, -0.15) is 0 Å². The summed E-state index contributed by atoms with van der Waals surface area (Å²) in [6, 6.07) is 14.9. The van der Waals surface area contributed by atoms with Crippen molar-refractivity contribution in [1.29, 1.82) is 0 Å². The molecule has 1 aliphatic rings. The van der Waals surface area contributed by atoms with Crippen molar-refractivity contribution in [3.05, 3.63) is 75.8 Å². The van der Waals surface area contributed by atoms with Crippen molar-refractivity contribution in [3.8, 4) is 0 Å². The van der Waals surface area contributed by atoms with Crippen molar-refractivity contribution in [1.82, 2.24) is 9.80 Å². The zero-order valence-electron chi connectivity index (χ0n) is 14.4. The normalized spacial score (nSPS) is 16.6. The first-order valence-electron chi connectivity index (χ1n) is 8.42. The fraction of sp³-hybridized carbons (Fsp3) is 0.263. The molecule has 1 aliphatic heterocycles. The summed E-state index contributed by atoms with van der Waals surface area (Å²) in [5, 5.41) is 10.8. The van der Waals surface area contributed by atoms with Crippen LogP contribution in [0.4, 0.5) is 5.69 Å². The highest BCUT2D eigenvalue weighted by atomic mass is 16.6. The minimum Gasteiger partial charge on any atom is -0.316 e. The molecule has 0 saturated carbocycles. The van der Waals surface area contributed by atoms with Crippen LogP contribution in [0.5, 0.6) is 0 Å². The molecule has 0 N–H and O–H groups in total. The first-order valence-corrected chi connectivity index (χ1v) is 8.42. The molecule has 1 atom stereocenters. The van der Waals surface area contributed by atoms with Gasteiger partial charge < -0.3 is 9.80 Å². The Morgan fingerprint density at radius 3 is 2.23 bits per heavy atom. The molecule has 3 rings (SSSR count). The van der Waals surface area contributed by atoms with E-state index in [1.54, 1.807) is 16.7 Å². The lowest BCUT2D eigenvalue weighted by Gasteiger charge is -2.30. The molecule has 0 radical (unpaired) electrons. The predicted molar refractivity (Wildman–Crippen MR) is 95.3 cm³/mol. The number of nitro benzene ring substituents is 1. The molecule has 26 heavy (non-hydrogen) atoms. The minimum absolute atomic E-state index is 0.0159. The highest BCUT2D eigenvalue weighted by molar-refractivity contribution is 5.95. The van der Waals surface area contributed by atoms with Gasteiger partial charge in [-0.1, -0.05) is 37.3 Å². The van der Waals surface area contributed by atoms with Crippen LogP contribution < -0.4 is 0 Å². The van der Waals surface area contributed by atoms with Crippen molar-refractivity contribution in [2.24, 2.45) is 0 Å². The van der Waals surface area contributed by atoms with Crippen molar-refractivity contribution < 1.29 is 14.5 Å². The van der Waals surface area contributed by atoms with Gasteiger partial charge in [-0.15, -0.1) is 0 Å². The third kappa shape index (κ3) is 3.28. The second-order valence-electron chi connectivity index (χ2n) is 6.03. The molecule has 1 heterocycles. The van der Waals surface area contributed by atoms with Crippen molar-refractivity contribution >= 4 is 17.5 Å². The molecule has 2 aromatic carbocycles. The third-order valence-electron chi connectivity index (χ3n) is 4.48. The Morgan fingerprint density at radius 2 is 1.65 bits per heavy atom. The number of rotatable bonds is 4. The highest BCUT2D eigenvalue weighted by Crippen LogP contribution is 2.32. The topological polar surface area (TPSA) is 83.8 Å². The van der Waals surface area contributed by atoms with Gasteiger partial charge in [0.1, 0.15) is 6.17 Å². The zero-order valence-corrected chi connectivity index (χ0v) is 14.4. The summed E-state index contributed by atoms with van der Waals surface area (Å²) in [6.07, 6.45) is -0.102. The maximum absolute atomic E-state index is 13.0. The number of amides is 2. The monoisotopic (exact) mass is 353 g/mol. The van der Waals surface area contributed by atoms with E-state index in [1.807, 2.05) is 30.3 Å². The lowest BCUT2D eigenvalue weighted by atomic mass is 10.1. The van der Waals surface area contributed by atoms with E-state index in [0.29, 0.717) is 25.1 Å². The molecule has 0 spiro atoms. The fourth-order valence-electron chi connectivity index (χ4n) is 3.18. The zero-order chi connectivity index (χ0) is 18.7. The third-order valence-corrected chi connectivity index (χ3v) is 4.48. The summed E-state index contributed by atoms with van der Waals surface area (Å²) in [5.41, 5.74) is 1.16. The van der Waals surface area contributed by atoms with Crippen LogP contribution in [0.1, 0.15) is 35.4 Å². The summed E-state index contributed by atoms with van der Waals surface area (Å²) < 4.78 is 0. The SMILES string of the molecule is CCC(=O)N1CCN(C(=O)c2ccc([N+](=O)[O-])cc2)[C@H]1c1ccccc1. The van der Waals surface area contributed by atoms with Crippen molar-refractivity contribution in [3.63, 3.8) is 0 Å². The first kappa shape index (κ1) is 17.6. The van der Waals surface area contributed by atoms with Crippen LogP contribution in [0.2, 0.25) is 0 Å². The van der Waals surface area contributed by atoms with Gasteiger partial charge in [0.15, 0.2) is 0 Å². The second kappa shape index (κ2) is 7.35. The molecule has 0 aromatic heterocycles. The van der Waals surface area contributed by atoms with Crippen LogP contribution >= 0.6 is 0 Å². The lowest BCUT2D eigenvalue weighted by Crippen LogP contribution is -2.37. The van der Waals surface area contributed by atoms with E-state index < -0.39 is 11.1 Å². The summed E-state index contributed by atoms with van der Waals surface area (Å²) >= 11 is 0. The van der Waals surface area contributed by atoms with E-state index in [9.17, 15) is 19.7 Å². The molecule has 2 aromatic rings. The van der Waals surface area contributed by atoms with Crippen molar-refractivity contribution in [2.75, 3.05) is 13.1 Å². The molecule has 0 bridgehead atoms. The molecular formula is C19H19N3O4. The number of nitrogens with zero attached hydrogens (tertiary/aromatic N) is 3. The maximum Gasteiger partial charge on any atom is 0.269 e. The maximum atomic E-state index is 13.0. The van der Waals surface area contributed by atoms with Crippen LogP contribution in [0.15, 0.2) is 54.6 Å². The average molecular weight is 353 g/mol. The van der Waals surface area contributed by atoms with Crippen LogP contribution in [0.3, 0.4) is 0 Å². The van der Waals surface area contributed by atoms with E-state index in [-0.39, 0.29) is 17.5 Å². The summed E-state index contributed by atoms with van der Waals surface area (Å²) in [7, 11) is 0. The summed E-state index contributed by atoms with van der Waals surface area (Å²) in [4.78, 5) is 39.0. The number of non-ortho nitro benzene ring substituents is 1. The number of nitro groups is 1. The molecule has 7 nitrogen and oxygen atoms in total. The number of carbonyl (C=O) groups excluding carboxylic acids is 2. The molecule has 1 fully saturated rings. The summed E-state index contributed by atoms with van der Waals surface area (Å²) in [5.74, 6) is -0.266. The molecule has 134 valence electrons. The van der Waals surface area contributed by atoms with E-state index >= 15 is 0 Å². The van der Waals surface area contributed by atoms with E-state index in [1.165, 1.54) is 24.3 Å². The molecule has 0 unspecified atom stereocenters. The van der Waals surface area contributed by atoms with Gasteiger partial charge >= 0.3 is 0 Å². The van der Waals surface area contributed by atoms with Crippen LogP contribution in [-0.2, 0) is 4.79 Å². The highest BCUT2D eigenvalue weighted by Gasteiger charge is 2.38. The van der Waals surface area contributed by atoms with Crippen LogP contribution in [-0.4, -0.2) is 39.6 Å². The Balaban J connectivity index is 1.92. The standard InChI is InChI=1S/C19H19N3O4/c1-2-17(23)20-12-13-21(18(20)14-6-4-3-5-7-14)19(24)15-8-10-16(11-9-15)22(25)26/h3-11,18H,2,12-13H2,1H3/t18-/m0/s1. The van der Waals surface area contributed by atoms with Gasteiger partial charge in [0.25, 0.3) is 11.6 Å². The number of benzene rings is 2. The van der Waals surface area contributed by atoms with E-state index in [0.717, 1.165) is 5.56 Å². The van der Waals surface area contributed by atoms with E-state index in [4.69, 9.17) is 0 Å². The molecule has 7 heteroatoms. The quantitative estimate of drug-likeness (QED) is 0.625. The van der Waals surface area contributed by atoms with Crippen LogP contribution in [0, 0.1) is 10.1 Å². The minimum atomic E-state index is -0.501. The van der Waals surface area contributed by atoms with E-state index in [2.05, 4.69) is 0 Å². The Hall–Kier alpha value is -3.22.